The van der Waals surface area contributed by atoms with E-state index in [0.29, 0.717) is 11.3 Å². The van der Waals surface area contributed by atoms with Gasteiger partial charge in [-0.05, 0) is 42.9 Å². The molecule has 0 fully saturated rings. The first-order valence-electron chi connectivity index (χ1n) is 8.38. The van der Waals surface area contributed by atoms with E-state index in [1.807, 2.05) is 44.2 Å². The van der Waals surface area contributed by atoms with Crippen LogP contribution in [0, 0.1) is 0 Å². The Bertz CT molecular complexity index is 695. The molecule has 1 unspecified atom stereocenters. The van der Waals surface area contributed by atoms with Crippen molar-refractivity contribution in [2.24, 2.45) is 0 Å². The summed E-state index contributed by atoms with van der Waals surface area (Å²) in [7, 11) is 1.34. The molecular formula is C20H24N2O3. The van der Waals surface area contributed by atoms with E-state index in [0.717, 1.165) is 18.7 Å². The average Bonchev–Trinajstić information content (AvgIpc) is 2.66. The third-order valence-electron chi connectivity index (χ3n) is 4.11. The normalized spacial score (nSPS) is 11.8. The van der Waals surface area contributed by atoms with E-state index in [1.165, 1.54) is 7.11 Å². The number of anilines is 1. The number of esters is 1. The van der Waals surface area contributed by atoms with Crippen LogP contribution in [0.2, 0.25) is 0 Å². The lowest BCUT2D eigenvalue weighted by Crippen LogP contribution is -2.37. The number of methoxy groups -OCH3 is 1. The molecule has 1 atom stereocenters. The minimum Gasteiger partial charge on any atom is -0.465 e. The van der Waals surface area contributed by atoms with Gasteiger partial charge in [0.1, 0.15) is 6.04 Å². The Morgan fingerprint density at radius 1 is 1.00 bits per heavy atom. The quantitative estimate of drug-likeness (QED) is 0.784. The average molecular weight is 340 g/mol. The van der Waals surface area contributed by atoms with Crippen LogP contribution in [0.4, 0.5) is 5.69 Å². The van der Waals surface area contributed by atoms with Gasteiger partial charge in [0, 0.05) is 5.69 Å². The van der Waals surface area contributed by atoms with E-state index in [1.54, 1.807) is 24.3 Å². The molecule has 0 aliphatic heterocycles. The number of hydrogen-bond acceptors (Lipinski definition) is 4. The minimum absolute atomic E-state index is 0.0966. The first kappa shape index (κ1) is 18.7. The van der Waals surface area contributed by atoms with Crippen LogP contribution in [0.15, 0.2) is 54.6 Å². The van der Waals surface area contributed by atoms with Crippen molar-refractivity contribution in [1.29, 1.82) is 0 Å². The van der Waals surface area contributed by atoms with Gasteiger partial charge < -0.3 is 10.1 Å². The predicted molar refractivity (Wildman–Crippen MR) is 98.5 cm³/mol. The highest BCUT2D eigenvalue weighted by molar-refractivity contribution is 5.96. The highest BCUT2D eigenvalue weighted by Gasteiger charge is 2.25. The Morgan fingerprint density at radius 3 is 2.12 bits per heavy atom. The molecule has 0 radical (unpaired) electrons. The van der Waals surface area contributed by atoms with Gasteiger partial charge in [0.2, 0.25) is 5.91 Å². The molecule has 1 amide bonds. The molecule has 0 saturated carbocycles. The van der Waals surface area contributed by atoms with Gasteiger partial charge in [-0.15, -0.1) is 0 Å². The maximum absolute atomic E-state index is 12.9. The maximum Gasteiger partial charge on any atom is 0.337 e. The number of carbonyl (C=O) groups is 2. The Labute approximate surface area is 148 Å². The number of ether oxygens (including phenoxy) is 1. The van der Waals surface area contributed by atoms with E-state index in [-0.39, 0.29) is 11.9 Å². The van der Waals surface area contributed by atoms with Crippen molar-refractivity contribution in [2.45, 2.75) is 19.9 Å². The molecule has 132 valence electrons. The molecule has 5 nitrogen and oxygen atoms in total. The number of hydrogen-bond donors (Lipinski definition) is 1. The van der Waals surface area contributed by atoms with Gasteiger partial charge >= 0.3 is 5.97 Å². The second-order valence-corrected chi connectivity index (χ2v) is 5.59. The number of nitrogens with zero attached hydrogens (tertiary/aromatic N) is 1. The van der Waals surface area contributed by atoms with Crippen LogP contribution >= 0.6 is 0 Å². The molecule has 25 heavy (non-hydrogen) atoms. The van der Waals surface area contributed by atoms with E-state index in [9.17, 15) is 9.59 Å². The lowest BCUT2D eigenvalue weighted by Gasteiger charge is -2.29. The monoisotopic (exact) mass is 340 g/mol. The summed E-state index contributed by atoms with van der Waals surface area (Å²) in [6.07, 6.45) is 0. The van der Waals surface area contributed by atoms with E-state index < -0.39 is 5.97 Å². The van der Waals surface area contributed by atoms with Crippen LogP contribution < -0.4 is 5.32 Å². The molecule has 0 bridgehead atoms. The van der Waals surface area contributed by atoms with Crippen molar-refractivity contribution in [3.63, 3.8) is 0 Å². The van der Waals surface area contributed by atoms with Gasteiger partial charge in [0.05, 0.1) is 12.7 Å². The highest BCUT2D eigenvalue weighted by Crippen LogP contribution is 2.23. The summed E-state index contributed by atoms with van der Waals surface area (Å²) >= 11 is 0. The van der Waals surface area contributed by atoms with Crippen molar-refractivity contribution in [3.8, 4) is 0 Å². The number of likely N-dealkylation sites (N-methyl/N-ethyl adjacent to an activating group) is 1. The molecule has 0 heterocycles. The van der Waals surface area contributed by atoms with Crippen LogP contribution in [0.3, 0.4) is 0 Å². The van der Waals surface area contributed by atoms with Crippen molar-refractivity contribution in [2.75, 3.05) is 25.5 Å². The van der Waals surface area contributed by atoms with E-state index in [4.69, 9.17) is 0 Å². The maximum atomic E-state index is 12.9. The summed E-state index contributed by atoms with van der Waals surface area (Å²) in [6, 6.07) is 16.0. The Kier molecular flexibility index (Phi) is 6.71. The fourth-order valence-corrected chi connectivity index (χ4v) is 2.77. The van der Waals surface area contributed by atoms with E-state index in [2.05, 4.69) is 15.0 Å². The van der Waals surface area contributed by atoms with Crippen molar-refractivity contribution in [3.05, 3.63) is 65.7 Å². The number of carbonyl (C=O) groups excluding carboxylic acids is 2. The van der Waals surface area contributed by atoms with Gasteiger partial charge in [-0.3, -0.25) is 9.69 Å². The summed E-state index contributed by atoms with van der Waals surface area (Å²) in [4.78, 5) is 26.5. The molecule has 0 aromatic heterocycles. The van der Waals surface area contributed by atoms with Crippen LogP contribution in [0.1, 0.15) is 35.8 Å². The third-order valence-corrected chi connectivity index (χ3v) is 4.11. The number of nitrogens with one attached hydrogen (secondary N) is 1. The summed E-state index contributed by atoms with van der Waals surface area (Å²) in [6.45, 7) is 5.62. The van der Waals surface area contributed by atoms with Crippen LogP contribution in [-0.4, -0.2) is 37.0 Å². The molecule has 0 spiro atoms. The van der Waals surface area contributed by atoms with Crippen LogP contribution in [0.25, 0.3) is 0 Å². The summed E-state index contributed by atoms with van der Waals surface area (Å²) in [5, 5.41) is 2.94. The molecule has 0 saturated heterocycles. The molecule has 2 aromatic carbocycles. The predicted octanol–water partition coefficient (Wildman–Crippen LogP) is 3.49. The van der Waals surface area contributed by atoms with E-state index >= 15 is 0 Å². The molecule has 0 aliphatic carbocycles. The Balaban J connectivity index is 2.21. The first-order chi connectivity index (χ1) is 12.1. The summed E-state index contributed by atoms with van der Waals surface area (Å²) in [5.41, 5.74) is 2.05. The lowest BCUT2D eigenvalue weighted by atomic mass is 10.0. The SMILES string of the molecule is CCN(CC)C(C(=O)Nc1ccc(C(=O)OC)cc1)c1ccccc1. The fraction of sp³-hybridized carbons (Fsp3) is 0.300. The Morgan fingerprint density at radius 2 is 1.60 bits per heavy atom. The third kappa shape index (κ3) is 4.67. The zero-order valence-electron chi connectivity index (χ0n) is 14.9. The molecule has 2 rings (SSSR count). The molecule has 0 aliphatic rings. The van der Waals surface area contributed by atoms with Gasteiger partial charge in [0.25, 0.3) is 0 Å². The Hall–Kier alpha value is -2.66. The van der Waals surface area contributed by atoms with Gasteiger partial charge in [-0.25, -0.2) is 4.79 Å². The standard InChI is InChI=1S/C20H24N2O3/c1-4-22(5-2)18(15-9-7-6-8-10-15)19(23)21-17-13-11-16(12-14-17)20(24)25-3/h6-14,18H,4-5H2,1-3H3,(H,21,23). The van der Waals surface area contributed by atoms with Crippen LogP contribution in [-0.2, 0) is 9.53 Å². The van der Waals surface area contributed by atoms with Crippen molar-refractivity contribution in [1.82, 2.24) is 4.90 Å². The number of amides is 1. The van der Waals surface area contributed by atoms with Crippen LogP contribution in [0.5, 0.6) is 0 Å². The summed E-state index contributed by atoms with van der Waals surface area (Å²) < 4.78 is 4.68. The molecule has 5 heteroatoms. The topological polar surface area (TPSA) is 58.6 Å². The largest absolute Gasteiger partial charge is 0.465 e. The zero-order chi connectivity index (χ0) is 18.2. The van der Waals surface area contributed by atoms with Gasteiger partial charge in [0.15, 0.2) is 0 Å². The smallest absolute Gasteiger partial charge is 0.337 e. The van der Waals surface area contributed by atoms with Crippen molar-refractivity contribution >= 4 is 17.6 Å². The molecule has 1 N–H and O–H groups in total. The fourth-order valence-electron chi connectivity index (χ4n) is 2.77. The molecular weight excluding hydrogens is 316 g/mol. The molecule has 2 aromatic rings. The van der Waals surface area contributed by atoms with Gasteiger partial charge in [-0.2, -0.15) is 0 Å². The second kappa shape index (κ2) is 8.99. The van der Waals surface area contributed by atoms with Gasteiger partial charge in [-0.1, -0.05) is 44.2 Å². The highest BCUT2D eigenvalue weighted by atomic mass is 16.5. The number of rotatable bonds is 7. The zero-order valence-corrected chi connectivity index (χ0v) is 14.9. The van der Waals surface area contributed by atoms with Crippen molar-refractivity contribution < 1.29 is 14.3 Å². The lowest BCUT2D eigenvalue weighted by molar-refractivity contribution is -0.121. The number of benzene rings is 2. The second-order valence-electron chi connectivity index (χ2n) is 5.59. The minimum atomic E-state index is -0.400. The summed E-state index contributed by atoms with van der Waals surface area (Å²) in [5.74, 6) is -0.496. The first-order valence-corrected chi connectivity index (χ1v) is 8.38.